The molecule has 1 spiro atoms. The molecule has 4 heterocycles. The van der Waals surface area contributed by atoms with Crippen molar-refractivity contribution in [3.63, 3.8) is 0 Å². The summed E-state index contributed by atoms with van der Waals surface area (Å²) in [6.07, 6.45) is 0.832. The van der Waals surface area contributed by atoms with Gasteiger partial charge in [0.2, 0.25) is 0 Å². The number of rotatable bonds is 1. The molecule has 0 aromatic heterocycles. The third-order valence-electron chi connectivity index (χ3n) is 5.20. The van der Waals surface area contributed by atoms with Crippen LogP contribution in [0.5, 0.6) is 0 Å². The van der Waals surface area contributed by atoms with Gasteiger partial charge in [-0.3, -0.25) is 4.18 Å². The number of aliphatic hydroxyl groups is 1. The number of ether oxygens (including phenoxy) is 1. The standard InChI is InChI=1S/C10H14O5S/c1-5-8-10-3-7(16(12,13)14-8)6(10)2-9(5,4-11)15-10/h5-8,11H,2-4H2,1H3. The lowest BCUT2D eigenvalue weighted by Gasteiger charge is -2.57. The molecule has 6 unspecified atom stereocenters. The van der Waals surface area contributed by atoms with Crippen molar-refractivity contribution in [2.24, 2.45) is 11.8 Å². The summed E-state index contributed by atoms with van der Waals surface area (Å²) in [4.78, 5) is 0. The summed E-state index contributed by atoms with van der Waals surface area (Å²) in [6, 6.07) is 0. The second-order valence-electron chi connectivity index (χ2n) is 5.63. The van der Waals surface area contributed by atoms with Gasteiger partial charge in [-0.15, -0.1) is 0 Å². The smallest absolute Gasteiger partial charge is 0.271 e. The Morgan fingerprint density at radius 3 is 2.88 bits per heavy atom. The molecule has 1 N–H and O–H groups in total. The highest BCUT2D eigenvalue weighted by molar-refractivity contribution is 7.87. The zero-order chi connectivity index (χ0) is 11.3. The van der Waals surface area contributed by atoms with E-state index in [4.69, 9.17) is 8.92 Å². The Bertz CT molecular complexity index is 474. The van der Waals surface area contributed by atoms with E-state index < -0.39 is 26.6 Å². The van der Waals surface area contributed by atoms with Crippen LogP contribution in [-0.4, -0.2) is 42.7 Å². The van der Waals surface area contributed by atoms with Crippen LogP contribution in [0, 0.1) is 11.8 Å². The SMILES string of the molecule is CC1C2OS(=O)(=O)C3CC24OC1(CO)CC34. The van der Waals surface area contributed by atoms with Gasteiger partial charge in [-0.05, 0) is 12.8 Å². The first-order valence-corrected chi connectivity index (χ1v) is 7.15. The van der Waals surface area contributed by atoms with E-state index in [2.05, 4.69) is 0 Å². The monoisotopic (exact) mass is 246 g/mol. The van der Waals surface area contributed by atoms with E-state index in [1.165, 1.54) is 0 Å². The van der Waals surface area contributed by atoms with Crippen molar-refractivity contribution in [1.29, 1.82) is 0 Å². The second kappa shape index (κ2) is 2.34. The van der Waals surface area contributed by atoms with Gasteiger partial charge in [0.25, 0.3) is 10.1 Å². The molecule has 0 radical (unpaired) electrons. The van der Waals surface area contributed by atoms with Gasteiger partial charge < -0.3 is 9.84 Å². The molecule has 1 saturated carbocycles. The zero-order valence-corrected chi connectivity index (χ0v) is 9.74. The highest BCUT2D eigenvalue weighted by Crippen LogP contribution is 2.70. The molecule has 90 valence electrons. The molecule has 0 aromatic rings. The van der Waals surface area contributed by atoms with E-state index in [1.807, 2.05) is 6.92 Å². The number of aliphatic hydroxyl groups excluding tert-OH is 1. The molecule has 5 nitrogen and oxygen atoms in total. The summed E-state index contributed by atoms with van der Waals surface area (Å²) in [5.74, 6) is -0.00984. The van der Waals surface area contributed by atoms with Gasteiger partial charge in [-0.1, -0.05) is 6.92 Å². The Morgan fingerprint density at radius 2 is 2.19 bits per heavy atom. The Morgan fingerprint density at radius 1 is 1.44 bits per heavy atom. The van der Waals surface area contributed by atoms with Crippen LogP contribution in [0.4, 0.5) is 0 Å². The largest absolute Gasteiger partial charge is 0.393 e. The van der Waals surface area contributed by atoms with E-state index in [1.54, 1.807) is 0 Å². The van der Waals surface area contributed by atoms with Gasteiger partial charge in [0, 0.05) is 11.8 Å². The van der Waals surface area contributed by atoms with E-state index in [0.29, 0.717) is 12.8 Å². The lowest BCUT2D eigenvalue weighted by Crippen LogP contribution is -2.71. The van der Waals surface area contributed by atoms with Crippen LogP contribution in [0.25, 0.3) is 0 Å². The maximum absolute atomic E-state index is 11.8. The predicted molar refractivity (Wildman–Crippen MR) is 53.1 cm³/mol. The third kappa shape index (κ3) is 0.730. The Kier molecular flexibility index (Phi) is 1.43. The first-order valence-electron chi connectivity index (χ1n) is 5.68. The molecular weight excluding hydrogens is 232 g/mol. The van der Waals surface area contributed by atoms with Crippen molar-refractivity contribution in [3.05, 3.63) is 0 Å². The van der Waals surface area contributed by atoms with Gasteiger partial charge in [-0.2, -0.15) is 8.42 Å². The van der Waals surface area contributed by atoms with Crippen LogP contribution >= 0.6 is 0 Å². The summed E-state index contributed by atoms with van der Waals surface area (Å²) in [6.45, 7) is 1.87. The first-order chi connectivity index (χ1) is 7.45. The number of hydrogen-bond acceptors (Lipinski definition) is 5. The van der Waals surface area contributed by atoms with E-state index in [0.717, 1.165) is 0 Å². The predicted octanol–water partition coefficient (Wildman–Crippen LogP) is -0.357. The van der Waals surface area contributed by atoms with Gasteiger partial charge in [0.15, 0.2) is 0 Å². The Balaban J connectivity index is 1.87. The van der Waals surface area contributed by atoms with Crippen LogP contribution in [-0.2, 0) is 19.0 Å². The van der Waals surface area contributed by atoms with Crippen molar-refractivity contribution in [1.82, 2.24) is 0 Å². The topological polar surface area (TPSA) is 72.8 Å². The third-order valence-corrected chi connectivity index (χ3v) is 6.91. The molecule has 1 aliphatic carbocycles. The fourth-order valence-corrected chi connectivity index (χ4v) is 6.22. The van der Waals surface area contributed by atoms with Gasteiger partial charge in [0.05, 0.1) is 17.5 Å². The normalized spacial score (nSPS) is 64.4. The molecule has 0 aromatic carbocycles. The summed E-state index contributed by atoms with van der Waals surface area (Å²) in [5.41, 5.74) is -0.960. The van der Waals surface area contributed by atoms with Crippen molar-refractivity contribution in [2.75, 3.05) is 6.61 Å². The van der Waals surface area contributed by atoms with E-state index in [9.17, 15) is 13.5 Å². The molecule has 0 amide bonds. The summed E-state index contributed by atoms with van der Waals surface area (Å²) < 4.78 is 34.8. The minimum atomic E-state index is -3.40. The molecule has 6 heteroatoms. The lowest BCUT2D eigenvalue weighted by atomic mass is 9.57. The molecule has 4 saturated heterocycles. The fourth-order valence-electron chi connectivity index (χ4n) is 4.26. The van der Waals surface area contributed by atoms with Crippen molar-refractivity contribution in [3.8, 4) is 0 Å². The summed E-state index contributed by atoms with van der Waals surface area (Å²) in [7, 11) is -3.40. The first kappa shape index (κ1) is 9.82. The average molecular weight is 246 g/mol. The van der Waals surface area contributed by atoms with Gasteiger partial charge >= 0.3 is 0 Å². The second-order valence-corrected chi connectivity index (χ2v) is 7.41. The van der Waals surface area contributed by atoms with Crippen LogP contribution < -0.4 is 0 Å². The summed E-state index contributed by atoms with van der Waals surface area (Å²) in [5, 5.41) is 9.10. The molecule has 4 aliphatic heterocycles. The molecule has 3 bridgehead atoms. The van der Waals surface area contributed by atoms with Crippen LogP contribution in [0.3, 0.4) is 0 Å². The van der Waals surface area contributed by atoms with Crippen molar-refractivity contribution >= 4 is 10.1 Å². The maximum atomic E-state index is 11.8. The molecule has 5 fully saturated rings. The minimum Gasteiger partial charge on any atom is -0.393 e. The highest BCUT2D eigenvalue weighted by Gasteiger charge is 2.82. The average Bonchev–Trinajstić information content (AvgIpc) is 2.60. The van der Waals surface area contributed by atoms with Crippen molar-refractivity contribution in [2.45, 2.75) is 42.3 Å². The molecule has 6 atom stereocenters. The maximum Gasteiger partial charge on any atom is 0.271 e. The number of hydrogen-bond donors (Lipinski definition) is 1. The summed E-state index contributed by atoms with van der Waals surface area (Å²) >= 11 is 0. The Labute approximate surface area is 93.9 Å². The van der Waals surface area contributed by atoms with Gasteiger partial charge in [0.1, 0.15) is 11.7 Å². The van der Waals surface area contributed by atoms with Crippen molar-refractivity contribution < 1.29 is 22.4 Å². The van der Waals surface area contributed by atoms with Crippen LogP contribution in [0.15, 0.2) is 0 Å². The van der Waals surface area contributed by atoms with Gasteiger partial charge in [-0.25, -0.2) is 0 Å². The minimum absolute atomic E-state index is 0.0413. The van der Waals surface area contributed by atoms with E-state index >= 15 is 0 Å². The molecule has 16 heavy (non-hydrogen) atoms. The highest BCUT2D eigenvalue weighted by atomic mass is 32.2. The molecule has 5 rings (SSSR count). The lowest BCUT2D eigenvalue weighted by molar-refractivity contribution is -0.148. The Hall–Kier alpha value is -0.170. The molecular formula is C10H14O5S. The quantitative estimate of drug-likeness (QED) is 0.640. The fraction of sp³-hybridized carbons (Fsp3) is 1.00. The number of fused-ring (bicyclic) bond motifs is 2. The van der Waals surface area contributed by atoms with E-state index in [-0.39, 0.29) is 24.5 Å². The zero-order valence-electron chi connectivity index (χ0n) is 8.92. The molecule has 5 aliphatic rings. The van der Waals surface area contributed by atoms with Crippen LogP contribution in [0.1, 0.15) is 19.8 Å². The van der Waals surface area contributed by atoms with Crippen LogP contribution in [0.2, 0.25) is 0 Å².